The van der Waals surface area contributed by atoms with E-state index < -0.39 is 0 Å². The standard InChI is InChI=1S/C14H27NO4/c1-6-9-15(14(17)19-8-3)12(11(4)5)10-13(16)18-7-2/h11-12H,6-10H2,1-5H3. The maximum absolute atomic E-state index is 12.0. The van der Waals surface area contributed by atoms with Gasteiger partial charge >= 0.3 is 12.1 Å². The first-order valence-corrected chi connectivity index (χ1v) is 7.06. The Balaban J connectivity index is 4.85. The van der Waals surface area contributed by atoms with Gasteiger partial charge in [-0.15, -0.1) is 0 Å². The van der Waals surface area contributed by atoms with Gasteiger partial charge in [0, 0.05) is 12.6 Å². The molecule has 0 rings (SSSR count). The van der Waals surface area contributed by atoms with Crippen LogP contribution >= 0.6 is 0 Å². The van der Waals surface area contributed by atoms with Crippen LogP contribution in [0.4, 0.5) is 4.79 Å². The maximum atomic E-state index is 12.0. The summed E-state index contributed by atoms with van der Waals surface area (Å²) in [6, 6.07) is -0.182. The van der Waals surface area contributed by atoms with Crippen molar-refractivity contribution in [3.05, 3.63) is 0 Å². The minimum atomic E-state index is -0.354. The number of esters is 1. The SMILES string of the molecule is CCCN(C(=O)OCC)C(CC(=O)OCC)C(C)C. The molecule has 0 aliphatic carbocycles. The molecule has 5 heteroatoms. The Hall–Kier alpha value is -1.26. The summed E-state index contributed by atoms with van der Waals surface area (Å²) in [6.07, 6.45) is 0.683. The first-order valence-electron chi connectivity index (χ1n) is 7.06. The third-order valence-electron chi connectivity index (χ3n) is 2.82. The molecule has 0 saturated carbocycles. The van der Waals surface area contributed by atoms with Crippen molar-refractivity contribution < 1.29 is 19.1 Å². The highest BCUT2D eigenvalue weighted by molar-refractivity contribution is 5.73. The largest absolute Gasteiger partial charge is 0.466 e. The molecule has 0 fully saturated rings. The second-order valence-corrected chi connectivity index (χ2v) is 4.71. The van der Waals surface area contributed by atoms with Crippen LogP contribution in [0.15, 0.2) is 0 Å². The summed E-state index contributed by atoms with van der Waals surface area (Å²) in [5.74, 6) is -0.105. The van der Waals surface area contributed by atoms with E-state index in [0.29, 0.717) is 19.8 Å². The molecule has 1 atom stereocenters. The van der Waals surface area contributed by atoms with Gasteiger partial charge in [0.1, 0.15) is 0 Å². The first-order chi connectivity index (χ1) is 8.97. The Morgan fingerprint density at radius 3 is 2.05 bits per heavy atom. The first kappa shape index (κ1) is 17.7. The smallest absolute Gasteiger partial charge is 0.410 e. The van der Waals surface area contributed by atoms with Gasteiger partial charge in [0.15, 0.2) is 0 Å². The van der Waals surface area contributed by atoms with Crippen LogP contribution in [0.3, 0.4) is 0 Å². The summed E-state index contributed by atoms with van der Waals surface area (Å²) in [5.41, 5.74) is 0. The van der Waals surface area contributed by atoms with Gasteiger partial charge < -0.3 is 14.4 Å². The molecule has 0 aliphatic rings. The van der Waals surface area contributed by atoms with E-state index in [0.717, 1.165) is 6.42 Å². The van der Waals surface area contributed by atoms with Crippen LogP contribution in [0.1, 0.15) is 47.5 Å². The second-order valence-electron chi connectivity index (χ2n) is 4.71. The molecule has 0 aromatic heterocycles. The molecular formula is C14H27NO4. The van der Waals surface area contributed by atoms with Crippen molar-refractivity contribution in [3.63, 3.8) is 0 Å². The lowest BCUT2D eigenvalue weighted by molar-refractivity contribution is -0.144. The number of amides is 1. The fraction of sp³-hybridized carbons (Fsp3) is 0.857. The maximum Gasteiger partial charge on any atom is 0.410 e. The van der Waals surface area contributed by atoms with Gasteiger partial charge in [-0.05, 0) is 26.2 Å². The van der Waals surface area contributed by atoms with E-state index in [1.165, 1.54) is 0 Å². The Bertz CT molecular complexity index is 279. The second kappa shape index (κ2) is 9.64. The highest BCUT2D eigenvalue weighted by Gasteiger charge is 2.29. The van der Waals surface area contributed by atoms with Crippen molar-refractivity contribution in [2.24, 2.45) is 5.92 Å². The third kappa shape index (κ3) is 6.45. The van der Waals surface area contributed by atoms with E-state index >= 15 is 0 Å². The molecule has 0 heterocycles. The minimum Gasteiger partial charge on any atom is -0.466 e. The number of carbonyl (C=O) groups excluding carboxylic acids is 2. The molecule has 112 valence electrons. The zero-order chi connectivity index (χ0) is 14.8. The number of hydrogen-bond acceptors (Lipinski definition) is 4. The fourth-order valence-corrected chi connectivity index (χ4v) is 1.94. The van der Waals surface area contributed by atoms with Crippen LogP contribution in [0.2, 0.25) is 0 Å². The summed E-state index contributed by atoms with van der Waals surface area (Å²) in [7, 11) is 0. The van der Waals surface area contributed by atoms with Gasteiger partial charge in [0.05, 0.1) is 19.6 Å². The van der Waals surface area contributed by atoms with E-state index in [1.54, 1.807) is 18.7 Å². The number of ether oxygens (including phenoxy) is 2. The molecule has 19 heavy (non-hydrogen) atoms. The predicted octanol–water partition coefficient (Wildman–Crippen LogP) is 2.83. The van der Waals surface area contributed by atoms with Gasteiger partial charge in [0.25, 0.3) is 0 Å². The van der Waals surface area contributed by atoms with Crippen molar-refractivity contribution >= 4 is 12.1 Å². The highest BCUT2D eigenvalue weighted by Crippen LogP contribution is 2.17. The van der Waals surface area contributed by atoms with E-state index in [2.05, 4.69) is 0 Å². The molecule has 0 saturated heterocycles. The van der Waals surface area contributed by atoms with Gasteiger partial charge in [-0.1, -0.05) is 20.8 Å². The molecule has 5 nitrogen and oxygen atoms in total. The molecule has 0 aromatic carbocycles. The average molecular weight is 273 g/mol. The summed E-state index contributed by atoms with van der Waals surface area (Å²) in [4.78, 5) is 25.3. The quantitative estimate of drug-likeness (QED) is 0.638. The molecule has 0 aromatic rings. The molecule has 0 bridgehead atoms. The summed E-state index contributed by atoms with van der Waals surface area (Å²) in [5, 5.41) is 0. The minimum absolute atomic E-state index is 0.167. The zero-order valence-corrected chi connectivity index (χ0v) is 12.8. The van der Waals surface area contributed by atoms with Crippen LogP contribution in [-0.4, -0.2) is 42.8 Å². The predicted molar refractivity (Wildman–Crippen MR) is 73.9 cm³/mol. The molecular weight excluding hydrogens is 246 g/mol. The van der Waals surface area contributed by atoms with Crippen molar-refractivity contribution in [1.82, 2.24) is 4.90 Å². The fourth-order valence-electron chi connectivity index (χ4n) is 1.94. The van der Waals surface area contributed by atoms with Crippen LogP contribution in [0.5, 0.6) is 0 Å². The van der Waals surface area contributed by atoms with Crippen LogP contribution in [0, 0.1) is 5.92 Å². The molecule has 0 radical (unpaired) electrons. The lowest BCUT2D eigenvalue weighted by Gasteiger charge is -2.32. The number of rotatable bonds is 8. The number of carbonyl (C=O) groups is 2. The van der Waals surface area contributed by atoms with E-state index in [1.807, 2.05) is 20.8 Å². The van der Waals surface area contributed by atoms with Crippen molar-refractivity contribution in [2.75, 3.05) is 19.8 Å². The van der Waals surface area contributed by atoms with Crippen molar-refractivity contribution in [2.45, 2.75) is 53.5 Å². The molecule has 0 N–H and O–H groups in total. The molecule has 0 spiro atoms. The van der Waals surface area contributed by atoms with Gasteiger partial charge in [-0.25, -0.2) is 4.79 Å². The van der Waals surface area contributed by atoms with Crippen LogP contribution in [-0.2, 0) is 14.3 Å². The highest BCUT2D eigenvalue weighted by atomic mass is 16.6. The Morgan fingerprint density at radius 1 is 1.05 bits per heavy atom. The third-order valence-corrected chi connectivity index (χ3v) is 2.82. The Kier molecular flexibility index (Phi) is 9.00. The lowest BCUT2D eigenvalue weighted by atomic mass is 9.99. The summed E-state index contributed by atoms with van der Waals surface area (Å²) in [6.45, 7) is 10.8. The van der Waals surface area contributed by atoms with E-state index in [-0.39, 0.29) is 30.4 Å². The molecule has 1 amide bonds. The Labute approximate surface area is 116 Å². The van der Waals surface area contributed by atoms with E-state index in [9.17, 15) is 9.59 Å². The van der Waals surface area contributed by atoms with Crippen LogP contribution < -0.4 is 0 Å². The van der Waals surface area contributed by atoms with Crippen LogP contribution in [0.25, 0.3) is 0 Å². The molecule has 1 unspecified atom stereocenters. The lowest BCUT2D eigenvalue weighted by Crippen LogP contribution is -2.45. The Morgan fingerprint density at radius 2 is 1.63 bits per heavy atom. The van der Waals surface area contributed by atoms with Crippen molar-refractivity contribution in [1.29, 1.82) is 0 Å². The van der Waals surface area contributed by atoms with Gasteiger partial charge in [0.2, 0.25) is 0 Å². The molecule has 0 aliphatic heterocycles. The van der Waals surface area contributed by atoms with Crippen molar-refractivity contribution in [3.8, 4) is 0 Å². The normalized spacial score (nSPS) is 12.1. The van der Waals surface area contributed by atoms with Gasteiger partial charge in [-0.2, -0.15) is 0 Å². The monoisotopic (exact) mass is 273 g/mol. The summed E-state index contributed by atoms with van der Waals surface area (Å²) >= 11 is 0. The van der Waals surface area contributed by atoms with Gasteiger partial charge in [-0.3, -0.25) is 4.79 Å². The number of hydrogen-bond donors (Lipinski definition) is 0. The van der Waals surface area contributed by atoms with E-state index in [4.69, 9.17) is 9.47 Å². The summed E-state index contributed by atoms with van der Waals surface area (Å²) < 4.78 is 10.0. The average Bonchev–Trinajstić information content (AvgIpc) is 2.34. The zero-order valence-electron chi connectivity index (χ0n) is 12.8. The number of nitrogens with zero attached hydrogens (tertiary/aromatic N) is 1. The topological polar surface area (TPSA) is 55.8 Å².